The number of halogens is 2. The zero-order valence-electron chi connectivity index (χ0n) is 14.1. The van der Waals surface area contributed by atoms with Crippen LogP contribution in [0.3, 0.4) is 0 Å². The van der Waals surface area contributed by atoms with E-state index in [1.807, 2.05) is 13.0 Å². The van der Waals surface area contributed by atoms with Crippen LogP contribution in [0.1, 0.15) is 5.69 Å². The van der Waals surface area contributed by atoms with E-state index in [-0.39, 0.29) is 12.5 Å². The number of rotatable bonds is 2. The van der Waals surface area contributed by atoms with Crippen LogP contribution < -0.4 is 10.1 Å². The van der Waals surface area contributed by atoms with Gasteiger partial charge in [-0.1, -0.05) is 6.07 Å². The van der Waals surface area contributed by atoms with Crippen LogP contribution in [-0.2, 0) is 11.8 Å². The summed E-state index contributed by atoms with van der Waals surface area (Å²) in [5, 5.41) is 7.17. The lowest BCUT2D eigenvalue weighted by Crippen LogP contribution is -2.25. The molecule has 2 aromatic carbocycles. The maximum Gasteiger partial charge on any atom is 0.262 e. The molecule has 1 aliphatic heterocycles. The molecular formula is C19H15F2N3O2. The summed E-state index contributed by atoms with van der Waals surface area (Å²) in [6.07, 6.45) is 0. The first-order valence-corrected chi connectivity index (χ1v) is 7.99. The van der Waals surface area contributed by atoms with Crippen LogP contribution >= 0.6 is 0 Å². The van der Waals surface area contributed by atoms with Crippen molar-refractivity contribution in [3.8, 4) is 28.1 Å². The molecule has 3 aromatic rings. The Bertz CT molecular complexity index is 1020. The Morgan fingerprint density at radius 3 is 2.58 bits per heavy atom. The minimum Gasteiger partial charge on any atom is -0.482 e. The highest BCUT2D eigenvalue weighted by Gasteiger charge is 2.21. The van der Waals surface area contributed by atoms with Gasteiger partial charge in [0.05, 0.1) is 17.1 Å². The Hall–Kier alpha value is -3.22. The summed E-state index contributed by atoms with van der Waals surface area (Å²) in [5.74, 6) is -0.968. The monoisotopic (exact) mass is 355 g/mol. The summed E-state index contributed by atoms with van der Waals surface area (Å²) < 4.78 is 34.4. The number of aromatic nitrogens is 2. The van der Waals surface area contributed by atoms with E-state index in [4.69, 9.17) is 4.74 Å². The molecule has 7 heteroatoms. The van der Waals surface area contributed by atoms with E-state index in [1.54, 1.807) is 23.9 Å². The number of hydrogen-bond acceptors (Lipinski definition) is 3. The van der Waals surface area contributed by atoms with Gasteiger partial charge in [0.15, 0.2) is 6.61 Å². The summed E-state index contributed by atoms with van der Waals surface area (Å²) >= 11 is 0. The van der Waals surface area contributed by atoms with Crippen molar-refractivity contribution in [1.29, 1.82) is 0 Å². The van der Waals surface area contributed by atoms with Crippen LogP contribution in [0, 0.1) is 18.6 Å². The molecule has 1 aromatic heterocycles. The highest BCUT2D eigenvalue weighted by atomic mass is 19.1. The number of benzene rings is 2. The average Bonchev–Trinajstić information content (AvgIpc) is 2.87. The molecule has 0 radical (unpaired) electrons. The summed E-state index contributed by atoms with van der Waals surface area (Å²) in [7, 11) is 1.72. The fourth-order valence-corrected chi connectivity index (χ4v) is 3.26. The molecule has 0 saturated heterocycles. The minimum absolute atomic E-state index is 0.0217. The van der Waals surface area contributed by atoms with Crippen molar-refractivity contribution in [3.63, 3.8) is 0 Å². The maximum absolute atomic E-state index is 13.7. The molecule has 0 saturated carbocycles. The van der Waals surface area contributed by atoms with Crippen LogP contribution in [0.25, 0.3) is 22.4 Å². The Morgan fingerprint density at radius 2 is 1.85 bits per heavy atom. The lowest BCUT2D eigenvalue weighted by atomic mass is 9.98. The SMILES string of the molecule is Cc1nn(C)c(-c2cc(F)cc(F)c2)c1-c1ccc2c(c1)NC(=O)CO2. The number of aryl methyl sites for hydroxylation is 2. The molecule has 5 nitrogen and oxygen atoms in total. The quantitative estimate of drug-likeness (QED) is 0.763. The van der Waals surface area contributed by atoms with E-state index >= 15 is 0 Å². The third-order valence-corrected chi connectivity index (χ3v) is 4.26. The van der Waals surface area contributed by atoms with Crippen molar-refractivity contribution in [2.45, 2.75) is 6.92 Å². The Kier molecular flexibility index (Phi) is 3.72. The van der Waals surface area contributed by atoms with Gasteiger partial charge >= 0.3 is 0 Å². The largest absolute Gasteiger partial charge is 0.482 e. The predicted octanol–water partition coefficient (Wildman–Crippen LogP) is 3.67. The minimum atomic E-state index is -0.657. The number of nitrogens with one attached hydrogen (secondary N) is 1. The van der Waals surface area contributed by atoms with Gasteiger partial charge in [-0.2, -0.15) is 5.10 Å². The van der Waals surface area contributed by atoms with E-state index < -0.39 is 11.6 Å². The lowest BCUT2D eigenvalue weighted by molar-refractivity contribution is -0.118. The summed E-state index contributed by atoms with van der Waals surface area (Å²) in [6, 6.07) is 8.73. The van der Waals surface area contributed by atoms with Gasteiger partial charge in [0, 0.05) is 24.2 Å². The first-order valence-electron chi connectivity index (χ1n) is 7.99. The molecule has 132 valence electrons. The molecule has 2 heterocycles. The molecule has 0 bridgehead atoms. The van der Waals surface area contributed by atoms with E-state index in [0.717, 1.165) is 17.2 Å². The zero-order valence-corrected chi connectivity index (χ0v) is 14.1. The van der Waals surface area contributed by atoms with Crippen molar-refractivity contribution in [1.82, 2.24) is 9.78 Å². The van der Waals surface area contributed by atoms with Crippen LogP contribution in [0.2, 0.25) is 0 Å². The molecule has 0 unspecified atom stereocenters. The highest BCUT2D eigenvalue weighted by Crippen LogP contribution is 2.39. The van der Waals surface area contributed by atoms with E-state index in [9.17, 15) is 13.6 Å². The maximum atomic E-state index is 13.7. The van der Waals surface area contributed by atoms with Crippen molar-refractivity contribution in [3.05, 3.63) is 53.7 Å². The van der Waals surface area contributed by atoms with Crippen LogP contribution in [0.5, 0.6) is 5.75 Å². The normalized spacial score (nSPS) is 13.2. The third-order valence-electron chi connectivity index (χ3n) is 4.26. The third kappa shape index (κ3) is 2.71. The summed E-state index contributed by atoms with van der Waals surface area (Å²) in [5.41, 5.74) is 3.73. The van der Waals surface area contributed by atoms with Crippen molar-refractivity contribution >= 4 is 11.6 Å². The first-order chi connectivity index (χ1) is 12.4. The number of ether oxygens (including phenoxy) is 1. The smallest absolute Gasteiger partial charge is 0.262 e. The number of carbonyl (C=O) groups is 1. The second-order valence-electron chi connectivity index (χ2n) is 6.14. The summed E-state index contributed by atoms with van der Waals surface area (Å²) in [6.45, 7) is 1.80. The topological polar surface area (TPSA) is 56.2 Å². The van der Waals surface area contributed by atoms with Gasteiger partial charge in [-0.05, 0) is 36.8 Å². The Morgan fingerprint density at radius 1 is 1.12 bits per heavy atom. The Balaban J connectivity index is 1.90. The molecule has 0 aliphatic carbocycles. The average molecular weight is 355 g/mol. The number of nitrogens with zero attached hydrogens (tertiary/aromatic N) is 2. The molecular weight excluding hydrogens is 340 g/mol. The van der Waals surface area contributed by atoms with Gasteiger partial charge in [0.1, 0.15) is 17.4 Å². The number of fused-ring (bicyclic) bond motifs is 1. The van der Waals surface area contributed by atoms with Gasteiger partial charge in [-0.3, -0.25) is 9.48 Å². The molecule has 1 N–H and O–H groups in total. The van der Waals surface area contributed by atoms with Crippen molar-refractivity contribution in [2.24, 2.45) is 7.05 Å². The predicted molar refractivity (Wildman–Crippen MR) is 92.9 cm³/mol. The van der Waals surface area contributed by atoms with Gasteiger partial charge < -0.3 is 10.1 Å². The van der Waals surface area contributed by atoms with Gasteiger partial charge in [-0.15, -0.1) is 0 Å². The van der Waals surface area contributed by atoms with Crippen molar-refractivity contribution in [2.75, 3.05) is 11.9 Å². The highest BCUT2D eigenvalue weighted by molar-refractivity contribution is 5.97. The second-order valence-corrected chi connectivity index (χ2v) is 6.14. The second kappa shape index (κ2) is 5.94. The molecule has 0 atom stereocenters. The van der Waals surface area contributed by atoms with Gasteiger partial charge in [0.2, 0.25) is 0 Å². The van der Waals surface area contributed by atoms with Crippen LogP contribution in [0.15, 0.2) is 36.4 Å². The van der Waals surface area contributed by atoms with Crippen LogP contribution in [-0.4, -0.2) is 22.3 Å². The number of amides is 1. The van der Waals surface area contributed by atoms with Gasteiger partial charge in [-0.25, -0.2) is 8.78 Å². The zero-order chi connectivity index (χ0) is 18.4. The number of carbonyl (C=O) groups excluding carboxylic acids is 1. The number of anilines is 1. The standard InChI is InChI=1S/C19H15F2N3O2/c1-10-18(11-3-4-16-15(7-11)22-17(25)9-26-16)19(24(2)23-10)12-5-13(20)8-14(21)6-12/h3-8H,9H2,1-2H3,(H,22,25). The molecule has 1 amide bonds. The van der Waals surface area contributed by atoms with Crippen LogP contribution in [0.4, 0.5) is 14.5 Å². The van der Waals surface area contributed by atoms with E-state index in [1.165, 1.54) is 12.1 Å². The molecule has 0 spiro atoms. The first kappa shape index (κ1) is 16.3. The Labute approximate surface area is 148 Å². The van der Waals surface area contributed by atoms with E-state index in [2.05, 4.69) is 10.4 Å². The summed E-state index contributed by atoms with van der Waals surface area (Å²) in [4.78, 5) is 11.6. The fourth-order valence-electron chi connectivity index (χ4n) is 3.26. The molecule has 1 aliphatic rings. The van der Waals surface area contributed by atoms with Gasteiger partial charge in [0.25, 0.3) is 5.91 Å². The van der Waals surface area contributed by atoms with E-state index in [0.29, 0.717) is 28.4 Å². The molecule has 26 heavy (non-hydrogen) atoms. The van der Waals surface area contributed by atoms with Crippen molar-refractivity contribution < 1.29 is 18.3 Å². The molecule has 0 fully saturated rings. The lowest BCUT2D eigenvalue weighted by Gasteiger charge is -2.19. The number of hydrogen-bond donors (Lipinski definition) is 1. The fraction of sp³-hybridized carbons (Fsp3) is 0.158. The molecule has 4 rings (SSSR count).